The SMILES string of the molecule is [CH]=C(Br)c1ccccc1. The van der Waals surface area contributed by atoms with E-state index in [2.05, 4.69) is 15.9 Å². The lowest BCUT2D eigenvalue weighted by molar-refractivity contribution is 1.66. The van der Waals surface area contributed by atoms with Gasteiger partial charge < -0.3 is 0 Å². The molecular formula is C8H6Br. The van der Waals surface area contributed by atoms with Gasteiger partial charge in [0, 0.05) is 4.48 Å². The Labute approximate surface area is 63.3 Å². The molecule has 0 fully saturated rings. The van der Waals surface area contributed by atoms with Crippen molar-refractivity contribution in [2.75, 3.05) is 0 Å². The molecule has 0 spiro atoms. The molecule has 0 N–H and O–H groups in total. The summed E-state index contributed by atoms with van der Waals surface area (Å²) in [5.41, 5.74) is 1.03. The van der Waals surface area contributed by atoms with Crippen LogP contribution in [0.15, 0.2) is 30.3 Å². The van der Waals surface area contributed by atoms with Gasteiger partial charge in [-0.15, -0.1) is 0 Å². The maximum absolute atomic E-state index is 5.45. The summed E-state index contributed by atoms with van der Waals surface area (Å²) in [6, 6.07) is 9.75. The Hall–Kier alpha value is -0.560. The summed E-state index contributed by atoms with van der Waals surface area (Å²) in [5.74, 6) is 0. The Kier molecular flexibility index (Phi) is 2.06. The third kappa shape index (κ3) is 1.68. The van der Waals surface area contributed by atoms with E-state index in [4.69, 9.17) is 6.58 Å². The highest BCUT2D eigenvalue weighted by Crippen LogP contribution is 2.16. The predicted octanol–water partition coefficient (Wildman–Crippen LogP) is 2.86. The lowest BCUT2D eigenvalue weighted by Crippen LogP contribution is -1.69. The normalized spacial score (nSPS) is 9.00. The third-order valence-electron chi connectivity index (χ3n) is 1.05. The van der Waals surface area contributed by atoms with Gasteiger partial charge >= 0.3 is 0 Å². The number of rotatable bonds is 1. The Balaban J connectivity index is 2.98. The predicted molar refractivity (Wildman–Crippen MR) is 43.1 cm³/mol. The summed E-state index contributed by atoms with van der Waals surface area (Å²) >= 11 is 3.18. The highest BCUT2D eigenvalue weighted by Gasteiger charge is 1.88. The summed E-state index contributed by atoms with van der Waals surface area (Å²) in [5, 5.41) is 0. The number of benzene rings is 1. The lowest BCUT2D eigenvalue weighted by atomic mass is 10.2. The fourth-order valence-electron chi connectivity index (χ4n) is 0.597. The first-order chi connectivity index (χ1) is 4.30. The minimum atomic E-state index is 0.683. The van der Waals surface area contributed by atoms with E-state index in [-0.39, 0.29) is 0 Å². The van der Waals surface area contributed by atoms with Crippen molar-refractivity contribution in [1.29, 1.82) is 0 Å². The van der Waals surface area contributed by atoms with Gasteiger partial charge in [-0.25, -0.2) is 0 Å². The second-order valence-corrected chi connectivity index (χ2v) is 2.57. The first kappa shape index (κ1) is 6.56. The Morgan fingerprint density at radius 3 is 2.11 bits per heavy atom. The van der Waals surface area contributed by atoms with Gasteiger partial charge in [-0.3, -0.25) is 0 Å². The maximum Gasteiger partial charge on any atom is 0.0248 e. The van der Waals surface area contributed by atoms with Crippen molar-refractivity contribution in [3.05, 3.63) is 42.5 Å². The summed E-state index contributed by atoms with van der Waals surface area (Å²) < 4.78 is 0.683. The molecule has 0 bridgehead atoms. The zero-order valence-corrected chi connectivity index (χ0v) is 6.43. The summed E-state index contributed by atoms with van der Waals surface area (Å²) in [4.78, 5) is 0. The van der Waals surface area contributed by atoms with Gasteiger partial charge in [0.05, 0.1) is 0 Å². The number of halogens is 1. The molecule has 0 heterocycles. The van der Waals surface area contributed by atoms with Crippen molar-refractivity contribution < 1.29 is 0 Å². The van der Waals surface area contributed by atoms with E-state index in [1.807, 2.05) is 30.3 Å². The van der Waals surface area contributed by atoms with E-state index in [1.165, 1.54) is 0 Å². The highest BCUT2D eigenvalue weighted by atomic mass is 79.9. The van der Waals surface area contributed by atoms with Gasteiger partial charge in [0.15, 0.2) is 0 Å². The van der Waals surface area contributed by atoms with Crippen LogP contribution >= 0.6 is 15.9 Å². The standard InChI is InChI=1S/C8H6Br/c1-7(9)8-5-3-2-4-6-8/h1-6H. The molecular weight excluding hydrogens is 176 g/mol. The van der Waals surface area contributed by atoms with Crippen molar-refractivity contribution in [2.45, 2.75) is 0 Å². The molecule has 0 saturated heterocycles. The molecule has 1 heteroatoms. The van der Waals surface area contributed by atoms with E-state index >= 15 is 0 Å². The molecule has 0 aliphatic heterocycles. The number of hydrogen-bond donors (Lipinski definition) is 0. The zero-order valence-electron chi connectivity index (χ0n) is 4.84. The van der Waals surface area contributed by atoms with E-state index in [1.54, 1.807) is 0 Å². The molecule has 45 valence electrons. The lowest BCUT2D eigenvalue weighted by Gasteiger charge is -1.92. The third-order valence-corrected chi connectivity index (χ3v) is 1.51. The van der Waals surface area contributed by atoms with Crippen LogP contribution in [0.4, 0.5) is 0 Å². The van der Waals surface area contributed by atoms with E-state index in [9.17, 15) is 0 Å². The Bertz CT molecular complexity index is 201. The molecule has 1 aromatic carbocycles. The first-order valence-electron chi connectivity index (χ1n) is 2.64. The van der Waals surface area contributed by atoms with Crippen LogP contribution in [0.25, 0.3) is 4.48 Å². The van der Waals surface area contributed by atoms with E-state index in [0.29, 0.717) is 4.48 Å². The second-order valence-electron chi connectivity index (χ2n) is 1.71. The smallest absolute Gasteiger partial charge is 0.0248 e. The fourth-order valence-corrected chi connectivity index (χ4v) is 0.862. The molecule has 0 saturated carbocycles. The molecule has 0 unspecified atom stereocenters. The van der Waals surface area contributed by atoms with Crippen LogP contribution in [0.1, 0.15) is 5.56 Å². The van der Waals surface area contributed by atoms with E-state index < -0.39 is 0 Å². The van der Waals surface area contributed by atoms with Gasteiger partial charge in [0.2, 0.25) is 0 Å². The van der Waals surface area contributed by atoms with Crippen LogP contribution in [-0.2, 0) is 0 Å². The minimum absolute atomic E-state index is 0.683. The Morgan fingerprint density at radius 2 is 1.78 bits per heavy atom. The van der Waals surface area contributed by atoms with Crippen molar-refractivity contribution in [3.8, 4) is 0 Å². The molecule has 0 nitrogen and oxygen atoms in total. The van der Waals surface area contributed by atoms with Gasteiger partial charge in [0.1, 0.15) is 0 Å². The first-order valence-corrected chi connectivity index (χ1v) is 3.43. The molecule has 0 atom stereocenters. The van der Waals surface area contributed by atoms with Gasteiger partial charge in [-0.2, -0.15) is 0 Å². The average Bonchev–Trinajstić information content (AvgIpc) is 1.90. The van der Waals surface area contributed by atoms with Gasteiger partial charge in [-0.1, -0.05) is 46.3 Å². The van der Waals surface area contributed by atoms with Crippen LogP contribution in [0.3, 0.4) is 0 Å². The minimum Gasteiger partial charge on any atom is -0.0622 e. The molecule has 0 aliphatic rings. The summed E-state index contributed by atoms with van der Waals surface area (Å²) in [6.07, 6.45) is 0. The topological polar surface area (TPSA) is 0 Å². The second kappa shape index (κ2) is 2.83. The van der Waals surface area contributed by atoms with Crippen molar-refractivity contribution in [2.24, 2.45) is 0 Å². The van der Waals surface area contributed by atoms with Crippen LogP contribution < -0.4 is 0 Å². The Morgan fingerprint density at radius 1 is 1.22 bits per heavy atom. The molecule has 1 rings (SSSR count). The average molecular weight is 182 g/mol. The van der Waals surface area contributed by atoms with Crippen LogP contribution in [0, 0.1) is 6.58 Å². The summed E-state index contributed by atoms with van der Waals surface area (Å²) in [7, 11) is 0. The molecule has 0 amide bonds. The largest absolute Gasteiger partial charge is 0.0622 e. The van der Waals surface area contributed by atoms with Crippen molar-refractivity contribution in [3.63, 3.8) is 0 Å². The summed E-state index contributed by atoms with van der Waals surface area (Å²) in [6.45, 7) is 5.45. The van der Waals surface area contributed by atoms with E-state index in [0.717, 1.165) is 5.56 Å². The highest BCUT2D eigenvalue weighted by molar-refractivity contribution is 9.15. The van der Waals surface area contributed by atoms with Crippen LogP contribution in [0.5, 0.6) is 0 Å². The van der Waals surface area contributed by atoms with Crippen LogP contribution in [-0.4, -0.2) is 0 Å². The van der Waals surface area contributed by atoms with Gasteiger partial charge in [0.25, 0.3) is 0 Å². The molecule has 1 radical (unpaired) electrons. The van der Waals surface area contributed by atoms with Crippen molar-refractivity contribution in [1.82, 2.24) is 0 Å². The van der Waals surface area contributed by atoms with Crippen LogP contribution in [0.2, 0.25) is 0 Å². The molecule has 0 aliphatic carbocycles. The fraction of sp³-hybridized carbons (Fsp3) is 0. The van der Waals surface area contributed by atoms with Gasteiger partial charge in [-0.05, 0) is 12.1 Å². The zero-order chi connectivity index (χ0) is 6.69. The number of hydrogen-bond acceptors (Lipinski definition) is 0. The molecule has 1 aromatic rings. The quantitative estimate of drug-likeness (QED) is 0.626. The maximum atomic E-state index is 5.45. The van der Waals surface area contributed by atoms with Crippen molar-refractivity contribution >= 4 is 20.4 Å². The monoisotopic (exact) mass is 181 g/mol. The molecule has 9 heavy (non-hydrogen) atoms. The molecule has 0 aromatic heterocycles.